The van der Waals surface area contributed by atoms with Gasteiger partial charge in [0.2, 0.25) is 5.91 Å². The van der Waals surface area contributed by atoms with Gasteiger partial charge in [0.1, 0.15) is 4.90 Å². The van der Waals surface area contributed by atoms with Crippen LogP contribution in [0.4, 0.5) is 0 Å². The Morgan fingerprint density at radius 2 is 1.91 bits per heavy atom. The number of amides is 1. The zero-order valence-corrected chi connectivity index (χ0v) is 19.5. The molecule has 2 aromatic rings. The average molecular weight is 490 g/mol. The largest absolute Gasteiger partial charge is 0.489 e. The van der Waals surface area contributed by atoms with Crippen LogP contribution in [0.3, 0.4) is 0 Å². The molecule has 33 heavy (non-hydrogen) atoms. The van der Waals surface area contributed by atoms with E-state index in [1.54, 1.807) is 30.3 Å². The molecule has 0 saturated carbocycles. The maximum Gasteiger partial charge on any atom is 0.285 e. The van der Waals surface area contributed by atoms with Crippen LogP contribution in [0.25, 0.3) is 0 Å². The van der Waals surface area contributed by atoms with E-state index >= 15 is 0 Å². The Morgan fingerprint density at radius 3 is 2.73 bits per heavy atom. The third-order valence-corrected chi connectivity index (χ3v) is 7.71. The first-order valence-corrected chi connectivity index (χ1v) is 12.8. The molecule has 1 fully saturated rings. The third-order valence-electron chi connectivity index (χ3n) is 6.11. The Morgan fingerprint density at radius 1 is 1.15 bits per heavy atom. The van der Waals surface area contributed by atoms with Crippen LogP contribution in [0.2, 0.25) is 5.02 Å². The third kappa shape index (κ3) is 4.39. The van der Waals surface area contributed by atoms with Crippen LogP contribution in [0.15, 0.2) is 45.7 Å². The minimum atomic E-state index is -3.65. The summed E-state index contributed by atoms with van der Waals surface area (Å²) < 4.78 is 40.0. The number of carbonyl (C=O) groups excluding carboxylic acids is 1. The first-order chi connectivity index (χ1) is 15.9. The van der Waals surface area contributed by atoms with Crippen molar-refractivity contribution in [3.05, 3.63) is 52.5 Å². The summed E-state index contributed by atoms with van der Waals surface area (Å²) in [6.07, 6.45) is 2.03. The number of amidine groups is 1. The van der Waals surface area contributed by atoms with Gasteiger partial charge in [0.25, 0.3) is 10.0 Å². The Balaban J connectivity index is 1.19. The van der Waals surface area contributed by atoms with Crippen LogP contribution in [0.1, 0.15) is 30.4 Å². The van der Waals surface area contributed by atoms with Gasteiger partial charge in [-0.2, -0.15) is 8.42 Å². The fraction of sp³-hybridized carbons (Fsp3) is 0.391. The van der Waals surface area contributed by atoms with Gasteiger partial charge in [0.05, 0.1) is 18.2 Å². The van der Waals surface area contributed by atoms with Crippen LogP contribution < -0.4 is 14.8 Å². The highest BCUT2D eigenvalue weighted by Gasteiger charge is 2.34. The van der Waals surface area contributed by atoms with E-state index in [1.165, 1.54) is 0 Å². The lowest BCUT2D eigenvalue weighted by Gasteiger charge is -2.32. The Bertz CT molecular complexity index is 1220. The number of benzene rings is 2. The fourth-order valence-corrected chi connectivity index (χ4v) is 5.91. The molecule has 2 aromatic carbocycles. The molecule has 10 heteroatoms. The minimum absolute atomic E-state index is 0.0285. The lowest BCUT2D eigenvalue weighted by molar-refractivity contribution is -0.126. The van der Waals surface area contributed by atoms with Crippen molar-refractivity contribution in [3.63, 3.8) is 0 Å². The van der Waals surface area contributed by atoms with Gasteiger partial charge >= 0.3 is 0 Å². The highest BCUT2D eigenvalue weighted by molar-refractivity contribution is 7.90. The fourth-order valence-electron chi connectivity index (χ4n) is 4.39. The summed E-state index contributed by atoms with van der Waals surface area (Å²) in [5.41, 5.74) is 1.48. The molecule has 5 rings (SSSR count). The van der Waals surface area contributed by atoms with Crippen LogP contribution in [-0.2, 0) is 21.4 Å². The van der Waals surface area contributed by atoms with Gasteiger partial charge in [-0.15, -0.1) is 4.40 Å². The van der Waals surface area contributed by atoms with E-state index in [-0.39, 0.29) is 16.7 Å². The van der Waals surface area contributed by atoms with Gasteiger partial charge in [0.15, 0.2) is 17.3 Å². The van der Waals surface area contributed by atoms with Crippen molar-refractivity contribution in [3.8, 4) is 11.5 Å². The zero-order valence-electron chi connectivity index (χ0n) is 17.9. The maximum absolute atomic E-state index is 12.8. The molecule has 0 atom stereocenters. The molecule has 0 radical (unpaired) electrons. The van der Waals surface area contributed by atoms with E-state index < -0.39 is 10.0 Å². The Labute approximate surface area is 197 Å². The second kappa shape index (κ2) is 8.87. The van der Waals surface area contributed by atoms with Crippen LogP contribution >= 0.6 is 11.6 Å². The summed E-state index contributed by atoms with van der Waals surface area (Å²) in [5.74, 6) is 1.46. The number of hydrogen-bond acceptors (Lipinski definition) is 6. The van der Waals surface area contributed by atoms with Crippen LogP contribution in [-0.4, -0.2) is 51.4 Å². The number of carbonyl (C=O) groups is 1. The molecule has 0 unspecified atom stereocenters. The normalized spacial score (nSPS) is 19.4. The first kappa shape index (κ1) is 22.0. The highest BCUT2D eigenvalue weighted by Crippen LogP contribution is 2.38. The monoisotopic (exact) mass is 489 g/mol. The second-order valence-electron chi connectivity index (χ2n) is 8.32. The van der Waals surface area contributed by atoms with Crippen molar-refractivity contribution in [1.29, 1.82) is 0 Å². The number of hydrogen-bond donors (Lipinski definition) is 1. The number of piperidine rings is 1. The molecule has 8 nitrogen and oxygen atoms in total. The minimum Gasteiger partial charge on any atom is -0.489 e. The Hall–Kier alpha value is -2.78. The summed E-state index contributed by atoms with van der Waals surface area (Å²) >= 11 is 6.34. The molecule has 1 saturated heterocycles. The molecule has 0 aromatic heterocycles. The van der Waals surface area contributed by atoms with E-state index in [2.05, 4.69) is 9.71 Å². The number of nitrogens with one attached hydrogen (secondary N) is 1. The molecule has 0 spiro atoms. The molecule has 3 heterocycles. The van der Waals surface area contributed by atoms with Gasteiger partial charge < -0.3 is 19.7 Å². The predicted octanol–water partition coefficient (Wildman–Crippen LogP) is 2.98. The number of likely N-dealkylation sites (tertiary alicyclic amines) is 1. The summed E-state index contributed by atoms with van der Waals surface area (Å²) in [7, 11) is -3.65. The topological polar surface area (TPSA) is 97.3 Å². The highest BCUT2D eigenvalue weighted by atomic mass is 35.5. The van der Waals surface area contributed by atoms with Crippen LogP contribution in [0, 0.1) is 5.92 Å². The van der Waals surface area contributed by atoms with Crippen LogP contribution in [0.5, 0.6) is 11.5 Å². The quantitative estimate of drug-likeness (QED) is 0.712. The van der Waals surface area contributed by atoms with Gasteiger partial charge in [-0.25, -0.2) is 0 Å². The Kier molecular flexibility index (Phi) is 5.92. The number of ether oxygens (including phenoxy) is 2. The molecule has 1 amide bonds. The smallest absolute Gasteiger partial charge is 0.285 e. The number of rotatable bonds is 3. The average Bonchev–Trinajstić information content (AvgIpc) is 2.95. The van der Waals surface area contributed by atoms with Crippen molar-refractivity contribution in [2.24, 2.45) is 10.3 Å². The molecule has 3 aliphatic heterocycles. The standard InChI is InChI=1S/C23H24ClN3O5S/c24-18-12-15(13-19-21(18)32-11-3-10-31-19)14-25-23(28)16-6-8-27(9-7-16)22-17-4-1-2-5-20(17)33(29,30)26-22/h1-2,4-5,12-13,16H,3,6-11,14H2,(H,25,28). The van der Waals surface area contributed by atoms with Crippen molar-refractivity contribution in [2.75, 3.05) is 26.3 Å². The number of sulfonamides is 1. The molecule has 0 bridgehead atoms. The summed E-state index contributed by atoms with van der Waals surface area (Å²) in [4.78, 5) is 15.0. The number of fused-ring (bicyclic) bond motifs is 2. The van der Waals surface area contributed by atoms with E-state index in [4.69, 9.17) is 21.1 Å². The molecule has 0 aliphatic carbocycles. The number of halogens is 1. The van der Waals surface area contributed by atoms with E-state index in [9.17, 15) is 13.2 Å². The lowest BCUT2D eigenvalue weighted by atomic mass is 9.95. The van der Waals surface area contributed by atoms with Crippen molar-refractivity contribution in [1.82, 2.24) is 10.2 Å². The summed E-state index contributed by atoms with van der Waals surface area (Å²) in [6.45, 7) is 2.60. The maximum atomic E-state index is 12.8. The van der Waals surface area contributed by atoms with Gasteiger partial charge in [-0.1, -0.05) is 23.7 Å². The summed E-state index contributed by atoms with van der Waals surface area (Å²) in [5, 5.41) is 3.46. The van der Waals surface area contributed by atoms with E-state index in [0.717, 1.165) is 12.0 Å². The van der Waals surface area contributed by atoms with Gasteiger partial charge in [0, 0.05) is 37.5 Å². The second-order valence-corrected chi connectivity index (χ2v) is 10.3. The summed E-state index contributed by atoms with van der Waals surface area (Å²) in [6, 6.07) is 10.5. The molecular formula is C23H24ClN3O5S. The van der Waals surface area contributed by atoms with Crippen molar-refractivity contribution >= 4 is 33.4 Å². The SMILES string of the molecule is O=C(NCc1cc(Cl)c2c(c1)OCCCO2)C1CCN(C2=NS(=O)(=O)c3ccccc32)CC1. The first-order valence-electron chi connectivity index (χ1n) is 11.0. The van der Waals surface area contributed by atoms with Crippen molar-refractivity contribution < 1.29 is 22.7 Å². The lowest BCUT2D eigenvalue weighted by Crippen LogP contribution is -2.42. The number of nitrogens with zero attached hydrogens (tertiary/aromatic N) is 2. The van der Waals surface area contributed by atoms with E-state index in [0.29, 0.717) is 73.6 Å². The molecule has 1 N–H and O–H groups in total. The van der Waals surface area contributed by atoms with Crippen molar-refractivity contribution in [2.45, 2.75) is 30.7 Å². The molecular weight excluding hydrogens is 466 g/mol. The van der Waals surface area contributed by atoms with E-state index in [1.807, 2.05) is 11.0 Å². The predicted molar refractivity (Wildman–Crippen MR) is 123 cm³/mol. The zero-order chi connectivity index (χ0) is 23.0. The molecule has 3 aliphatic rings. The molecule has 174 valence electrons. The van der Waals surface area contributed by atoms with Gasteiger partial charge in [-0.3, -0.25) is 4.79 Å². The van der Waals surface area contributed by atoms with Gasteiger partial charge in [-0.05, 0) is 42.7 Å².